The number of carboxylic acid groups (broad SMARTS) is 1. The summed E-state index contributed by atoms with van der Waals surface area (Å²) in [5, 5.41) is 12.4. The number of ketones is 1. The van der Waals surface area contributed by atoms with Crippen LogP contribution in [0.25, 0.3) is 0 Å². The largest absolute Gasteiger partial charge is 0.478 e. The minimum absolute atomic E-state index is 0.0553. The Kier molecular flexibility index (Phi) is 6.49. The number of hydrogen-bond acceptors (Lipinski definition) is 7. The van der Waals surface area contributed by atoms with Crippen molar-refractivity contribution in [3.05, 3.63) is 107 Å². The molecule has 0 fully saturated rings. The van der Waals surface area contributed by atoms with Gasteiger partial charge in [-0.05, 0) is 67.6 Å². The molecule has 0 unspecified atom stereocenters. The predicted octanol–water partition coefficient (Wildman–Crippen LogP) is 5.07. The van der Waals surface area contributed by atoms with Crippen LogP contribution in [0.5, 0.6) is 11.5 Å². The average molecular weight is 510 g/mol. The lowest BCUT2D eigenvalue weighted by Crippen LogP contribution is -2.16. The lowest BCUT2D eigenvalue weighted by molar-refractivity contribution is 0.0698. The van der Waals surface area contributed by atoms with E-state index in [1.807, 2.05) is 43.1 Å². The SMILES string of the molecule is Cc1ccc(N(C)c2ccc(C(=O)c3ccc(NC(=O)c4ccc5c(c4)OCO5)c(C(=O)O)c3)nc2)cc1. The maximum absolute atomic E-state index is 13.1. The molecule has 9 heteroatoms. The number of pyridine rings is 1. The van der Waals surface area contributed by atoms with Gasteiger partial charge in [-0.3, -0.25) is 14.6 Å². The number of aryl methyl sites for hydroxylation is 1. The number of carboxylic acids is 1. The van der Waals surface area contributed by atoms with Gasteiger partial charge in [0, 0.05) is 23.9 Å². The van der Waals surface area contributed by atoms with Gasteiger partial charge >= 0.3 is 5.97 Å². The zero-order valence-electron chi connectivity index (χ0n) is 20.6. The maximum atomic E-state index is 13.1. The van der Waals surface area contributed by atoms with E-state index in [2.05, 4.69) is 10.3 Å². The molecule has 5 rings (SSSR count). The van der Waals surface area contributed by atoms with Crippen molar-refractivity contribution in [2.24, 2.45) is 0 Å². The highest BCUT2D eigenvalue weighted by Crippen LogP contribution is 2.33. The highest BCUT2D eigenvalue weighted by atomic mass is 16.7. The van der Waals surface area contributed by atoms with Gasteiger partial charge in [0.15, 0.2) is 11.5 Å². The van der Waals surface area contributed by atoms with Crippen LogP contribution in [0.2, 0.25) is 0 Å². The summed E-state index contributed by atoms with van der Waals surface area (Å²) in [6, 6.07) is 20.1. The molecule has 0 spiro atoms. The first-order valence-electron chi connectivity index (χ1n) is 11.7. The molecular weight excluding hydrogens is 486 g/mol. The summed E-state index contributed by atoms with van der Waals surface area (Å²) in [5.74, 6) is -1.30. The molecule has 0 saturated carbocycles. The first kappa shape index (κ1) is 24.5. The second-order valence-corrected chi connectivity index (χ2v) is 8.71. The summed E-state index contributed by atoms with van der Waals surface area (Å²) in [4.78, 5) is 44.1. The van der Waals surface area contributed by atoms with E-state index in [1.165, 1.54) is 24.3 Å². The summed E-state index contributed by atoms with van der Waals surface area (Å²) < 4.78 is 10.5. The van der Waals surface area contributed by atoms with Crippen molar-refractivity contribution in [2.45, 2.75) is 6.92 Å². The normalized spacial score (nSPS) is 11.6. The monoisotopic (exact) mass is 509 g/mol. The second-order valence-electron chi connectivity index (χ2n) is 8.71. The summed E-state index contributed by atoms with van der Waals surface area (Å²) in [5.41, 5.74) is 3.32. The number of benzene rings is 3. The summed E-state index contributed by atoms with van der Waals surface area (Å²) in [6.45, 7) is 2.08. The number of amides is 1. The minimum atomic E-state index is -1.29. The van der Waals surface area contributed by atoms with E-state index in [9.17, 15) is 19.5 Å². The van der Waals surface area contributed by atoms with Gasteiger partial charge < -0.3 is 24.8 Å². The highest BCUT2D eigenvalue weighted by Gasteiger charge is 2.20. The molecule has 3 aromatic carbocycles. The summed E-state index contributed by atoms with van der Waals surface area (Å²) in [6.07, 6.45) is 1.59. The van der Waals surface area contributed by atoms with Crippen LogP contribution in [0.15, 0.2) is 79.0 Å². The Labute approximate surface area is 218 Å². The van der Waals surface area contributed by atoms with Crippen LogP contribution in [0.4, 0.5) is 17.1 Å². The zero-order valence-corrected chi connectivity index (χ0v) is 20.6. The number of nitrogens with zero attached hydrogens (tertiary/aromatic N) is 2. The topological polar surface area (TPSA) is 118 Å². The van der Waals surface area contributed by atoms with Crippen molar-refractivity contribution in [1.82, 2.24) is 4.98 Å². The van der Waals surface area contributed by atoms with Gasteiger partial charge in [0.1, 0.15) is 5.69 Å². The molecular formula is C29H23N3O6. The van der Waals surface area contributed by atoms with Crippen LogP contribution in [0.3, 0.4) is 0 Å². The molecule has 1 aromatic heterocycles. The van der Waals surface area contributed by atoms with Crippen molar-refractivity contribution in [3.63, 3.8) is 0 Å². The van der Waals surface area contributed by atoms with Crippen molar-refractivity contribution in [1.29, 1.82) is 0 Å². The van der Waals surface area contributed by atoms with E-state index in [0.29, 0.717) is 11.5 Å². The van der Waals surface area contributed by atoms with Crippen molar-refractivity contribution >= 4 is 34.7 Å². The maximum Gasteiger partial charge on any atom is 0.337 e. The van der Waals surface area contributed by atoms with E-state index in [1.54, 1.807) is 30.5 Å². The Morgan fingerprint density at radius 1 is 0.868 bits per heavy atom. The Balaban J connectivity index is 1.34. The quantitative estimate of drug-likeness (QED) is 0.332. The number of hydrogen-bond donors (Lipinski definition) is 2. The summed E-state index contributed by atoms with van der Waals surface area (Å²) >= 11 is 0. The van der Waals surface area contributed by atoms with Gasteiger partial charge in [0.05, 0.1) is 23.1 Å². The number of aromatic carboxylic acids is 1. The fraction of sp³-hybridized carbons (Fsp3) is 0.103. The second kappa shape index (κ2) is 10.1. The Hall–Kier alpha value is -5.18. The Morgan fingerprint density at radius 2 is 1.58 bits per heavy atom. The molecule has 190 valence electrons. The molecule has 1 aliphatic heterocycles. The Bertz CT molecular complexity index is 1550. The van der Waals surface area contributed by atoms with Crippen LogP contribution in [-0.4, -0.2) is 41.6 Å². The summed E-state index contributed by atoms with van der Waals surface area (Å²) in [7, 11) is 1.90. The molecule has 9 nitrogen and oxygen atoms in total. The fourth-order valence-corrected chi connectivity index (χ4v) is 3.99. The zero-order chi connectivity index (χ0) is 26.8. The molecule has 0 bridgehead atoms. The fourth-order valence-electron chi connectivity index (χ4n) is 3.99. The molecule has 0 radical (unpaired) electrons. The highest BCUT2D eigenvalue weighted by molar-refractivity contribution is 6.12. The van der Waals surface area contributed by atoms with Crippen molar-refractivity contribution in [3.8, 4) is 11.5 Å². The first-order valence-corrected chi connectivity index (χ1v) is 11.7. The third-order valence-electron chi connectivity index (χ3n) is 6.18. The van der Waals surface area contributed by atoms with Gasteiger partial charge in [0.2, 0.25) is 12.6 Å². The van der Waals surface area contributed by atoms with Gasteiger partial charge in [-0.25, -0.2) is 4.79 Å². The number of aromatic nitrogens is 1. The van der Waals surface area contributed by atoms with Gasteiger partial charge in [-0.1, -0.05) is 17.7 Å². The third kappa shape index (κ3) is 4.90. The van der Waals surface area contributed by atoms with E-state index < -0.39 is 17.7 Å². The number of fused-ring (bicyclic) bond motifs is 1. The van der Waals surface area contributed by atoms with Crippen LogP contribution in [0.1, 0.15) is 42.3 Å². The standard InChI is InChI=1S/C29H23N3O6/c1-17-3-7-20(8-4-17)32(2)21-9-11-24(30-15-21)27(33)18-5-10-23(22(13-18)29(35)36)31-28(34)19-6-12-25-26(14-19)38-16-37-25/h3-15H,16H2,1-2H3,(H,31,34)(H,35,36). The smallest absolute Gasteiger partial charge is 0.337 e. The number of rotatable bonds is 7. The lowest BCUT2D eigenvalue weighted by Gasteiger charge is -2.19. The molecule has 1 amide bonds. The van der Waals surface area contributed by atoms with Gasteiger partial charge in [-0.15, -0.1) is 0 Å². The molecule has 4 aromatic rings. The van der Waals surface area contributed by atoms with Crippen LogP contribution >= 0.6 is 0 Å². The number of nitrogens with one attached hydrogen (secondary N) is 1. The molecule has 2 N–H and O–H groups in total. The molecule has 0 atom stereocenters. The van der Waals surface area contributed by atoms with Gasteiger partial charge in [0.25, 0.3) is 5.91 Å². The number of carbonyl (C=O) groups excluding carboxylic acids is 2. The predicted molar refractivity (Wildman–Crippen MR) is 141 cm³/mol. The average Bonchev–Trinajstić information content (AvgIpc) is 3.41. The molecule has 0 aliphatic carbocycles. The van der Waals surface area contributed by atoms with Crippen LogP contribution in [0, 0.1) is 6.92 Å². The number of carbonyl (C=O) groups is 3. The molecule has 1 aliphatic rings. The van der Waals surface area contributed by atoms with Crippen LogP contribution < -0.4 is 19.7 Å². The van der Waals surface area contributed by atoms with E-state index in [0.717, 1.165) is 16.9 Å². The third-order valence-corrected chi connectivity index (χ3v) is 6.18. The lowest BCUT2D eigenvalue weighted by atomic mass is 10.0. The first-order chi connectivity index (χ1) is 18.3. The number of anilines is 3. The minimum Gasteiger partial charge on any atom is -0.478 e. The Morgan fingerprint density at radius 3 is 2.29 bits per heavy atom. The van der Waals surface area contributed by atoms with E-state index >= 15 is 0 Å². The van der Waals surface area contributed by atoms with Crippen molar-refractivity contribution < 1.29 is 29.0 Å². The van der Waals surface area contributed by atoms with Crippen molar-refractivity contribution in [2.75, 3.05) is 24.1 Å². The molecule has 2 heterocycles. The van der Waals surface area contributed by atoms with Crippen LogP contribution in [-0.2, 0) is 0 Å². The number of ether oxygens (including phenoxy) is 2. The molecule has 38 heavy (non-hydrogen) atoms. The van der Waals surface area contributed by atoms with E-state index in [-0.39, 0.29) is 34.9 Å². The van der Waals surface area contributed by atoms with E-state index in [4.69, 9.17) is 9.47 Å². The molecule has 0 saturated heterocycles. The van der Waals surface area contributed by atoms with Gasteiger partial charge in [-0.2, -0.15) is 0 Å².